The summed E-state index contributed by atoms with van der Waals surface area (Å²) in [6.07, 6.45) is 1.63. The van der Waals surface area contributed by atoms with E-state index in [0.29, 0.717) is 12.1 Å². The van der Waals surface area contributed by atoms with Crippen molar-refractivity contribution in [3.8, 4) is 0 Å². The zero-order valence-electron chi connectivity index (χ0n) is 10.6. The van der Waals surface area contributed by atoms with Gasteiger partial charge in [-0.1, -0.05) is 18.2 Å². The van der Waals surface area contributed by atoms with Crippen LogP contribution in [0.5, 0.6) is 0 Å². The first-order valence-electron chi connectivity index (χ1n) is 5.89. The molecule has 0 atom stereocenters. The molecule has 0 unspecified atom stereocenters. The highest BCUT2D eigenvalue weighted by molar-refractivity contribution is 6.10. The molecule has 3 nitrogen and oxygen atoms in total. The van der Waals surface area contributed by atoms with Gasteiger partial charge in [-0.25, -0.2) is 0 Å². The van der Waals surface area contributed by atoms with E-state index in [9.17, 15) is 4.79 Å². The highest BCUT2D eigenvalue weighted by atomic mass is 16.1. The summed E-state index contributed by atoms with van der Waals surface area (Å²) in [5.74, 6) is 0.0216. The molecule has 0 saturated carbocycles. The lowest BCUT2D eigenvalue weighted by molar-refractivity contribution is 0.103. The van der Waals surface area contributed by atoms with E-state index in [1.54, 1.807) is 18.3 Å². The number of aromatic nitrogens is 1. The predicted molar refractivity (Wildman–Crippen MR) is 71.5 cm³/mol. The lowest BCUT2D eigenvalue weighted by atomic mass is 9.96. The Labute approximate surface area is 107 Å². The first-order valence-corrected chi connectivity index (χ1v) is 5.89. The van der Waals surface area contributed by atoms with E-state index in [1.807, 2.05) is 32.0 Å². The monoisotopic (exact) mass is 240 g/mol. The van der Waals surface area contributed by atoms with E-state index in [0.717, 1.165) is 22.4 Å². The molecule has 0 aliphatic carbocycles. The van der Waals surface area contributed by atoms with Gasteiger partial charge in [0.15, 0.2) is 5.78 Å². The zero-order valence-corrected chi connectivity index (χ0v) is 10.6. The lowest BCUT2D eigenvalue weighted by Gasteiger charge is -2.08. The molecule has 0 fully saturated rings. The molecular formula is C15H16N2O. The summed E-state index contributed by atoms with van der Waals surface area (Å²) >= 11 is 0. The van der Waals surface area contributed by atoms with Gasteiger partial charge in [0.25, 0.3) is 0 Å². The van der Waals surface area contributed by atoms with Crippen molar-refractivity contribution in [2.24, 2.45) is 5.73 Å². The number of aryl methyl sites for hydroxylation is 1. The Morgan fingerprint density at radius 1 is 1.28 bits per heavy atom. The number of carbonyl (C=O) groups excluding carboxylic acids is 1. The van der Waals surface area contributed by atoms with E-state index in [-0.39, 0.29) is 5.78 Å². The number of hydrogen-bond donors (Lipinski definition) is 1. The highest BCUT2D eigenvalue weighted by Crippen LogP contribution is 2.17. The quantitative estimate of drug-likeness (QED) is 0.838. The molecule has 2 aromatic rings. The van der Waals surface area contributed by atoms with Gasteiger partial charge in [-0.2, -0.15) is 0 Å². The Hall–Kier alpha value is -2.00. The van der Waals surface area contributed by atoms with E-state index >= 15 is 0 Å². The molecule has 2 rings (SSSR count). The number of benzene rings is 1. The molecule has 18 heavy (non-hydrogen) atoms. The topological polar surface area (TPSA) is 56.0 Å². The summed E-state index contributed by atoms with van der Waals surface area (Å²) < 4.78 is 0. The molecule has 3 heteroatoms. The lowest BCUT2D eigenvalue weighted by Crippen LogP contribution is -2.07. The predicted octanol–water partition coefficient (Wildman–Crippen LogP) is 2.39. The fourth-order valence-electron chi connectivity index (χ4n) is 1.88. The van der Waals surface area contributed by atoms with Crippen molar-refractivity contribution in [2.75, 3.05) is 0 Å². The Balaban J connectivity index is 2.44. The zero-order chi connectivity index (χ0) is 13.1. The van der Waals surface area contributed by atoms with Gasteiger partial charge in [0, 0.05) is 23.9 Å². The SMILES string of the molecule is Cc1cccc(C(=O)c2ccnc(CN)c2)c1C. The molecule has 2 N–H and O–H groups in total. The summed E-state index contributed by atoms with van der Waals surface area (Å²) in [5, 5.41) is 0. The Morgan fingerprint density at radius 2 is 2.06 bits per heavy atom. The maximum atomic E-state index is 12.4. The fourth-order valence-corrected chi connectivity index (χ4v) is 1.88. The molecule has 1 aromatic carbocycles. The molecule has 0 saturated heterocycles. The molecule has 1 aromatic heterocycles. The second-order valence-electron chi connectivity index (χ2n) is 4.32. The van der Waals surface area contributed by atoms with Gasteiger partial charge in [-0.05, 0) is 37.1 Å². The second-order valence-corrected chi connectivity index (χ2v) is 4.32. The molecule has 0 bridgehead atoms. The summed E-state index contributed by atoms with van der Waals surface area (Å²) in [6.45, 7) is 4.31. The van der Waals surface area contributed by atoms with Gasteiger partial charge in [0.2, 0.25) is 0 Å². The van der Waals surface area contributed by atoms with Crippen LogP contribution in [0.3, 0.4) is 0 Å². The number of pyridine rings is 1. The minimum atomic E-state index is 0.0216. The molecule has 1 heterocycles. The maximum absolute atomic E-state index is 12.4. The molecule has 0 radical (unpaired) electrons. The smallest absolute Gasteiger partial charge is 0.193 e. The number of nitrogens with zero attached hydrogens (tertiary/aromatic N) is 1. The minimum absolute atomic E-state index is 0.0216. The van der Waals surface area contributed by atoms with Crippen LogP contribution in [0.15, 0.2) is 36.5 Å². The molecule has 0 amide bonds. The van der Waals surface area contributed by atoms with Crippen LogP contribution in [0.4, 0.5) is 0 Å². The van der Waals surface area contributed by atoms with Crippen molar-refractivity contribution in [3.05, 3.63) is 64.5 Å². The first-order chi connectivity index (χ1) is 8.63. The van der Waals surface area contributed by atoms with Crippen molar-refractivity contribution < 1.29 is 4.79 Å². The van der Waals surface area contributed by atoms with Crippen molar-refractivity contribution in [3.63, 3.8) is 0 Å². The normalized spacial score (nSPS) is 10.4. The van der Waals surface area contributed by atoms with Crippen LogP contribution in [0.1, 0.15) is 32.7 Å². The van der Waals surface area contributed by atoms with Crippen LogP contribution in [-0.2, 0) is 6.54 Å². The van der Waals surface area contributed by atoms with Gasteiger partial charge in [-0.3, -0.25) is 9.78 Å². The largest absolute Gasteiger partial charge is 0.325 e. The first kappa shape index (κ1) is 12.5. The third-order valence-electron chi connectivity index (χ3n) is 3.14. The third kappa shape index (κ3) is 2.31. The van der Waals surface area contributed by atoms with Crippen molar-refractivity contribution in [2.45, 2.75) is 20.4 Å². The molecule has 0 aliphatic heterocycles. The maximum Gasteiger partial charge on any atom is 0.193 e. The summed E-state index contributed by atoms with van der Waals surface area (Å²) in [7, 11) is 0. The number of nitrogens with two attached hydrogens (primary N) is 1. The van der Waals surface area contributed by atoms with Crippen LogP contribution in [-0.4, -0.2) is 10.8 Å². The van der Waals surface area contributed by atoms with Gasteiger partial charge in [0.05, 0.1) is 5.69 Å². The second kappa shape index (κ2) is 5.10. The van der Waals surface area contributed by atoms with Gasteiger partial charge < -0.3 is 5.73 Å². The van der Waals surface area contributed by atoms with Crippen LogP contribution in [0.2, 0.25) is 0 Å². The van der Waals surface area contributed by atoms with Gasteiger partial charge in [-0.15, -0.1) is 0 Å². The highest BCUT2D eigenvalue weighted by Gasteiger charge is 2.13. The van der Waals surface area contributed by atoms with E-state index in [2.05, 4.69) is 4.98 Å². The standard InChI is InChI=1S/C15H16N2O/c1-10-4-3-5-14(11(10)2)15(18)12-6-7-17-13(8-12)9-16/h3-8H,9,16H2,1-2H3. The van der Waals surface area contributed by atoms with Crippen LogP contribution < -0.4 is 5.73 Å². The van der Waals surface area contributed by atoms with Crippen molar-refractivity contribution in [1.29, 1.82) is 0 Å². The summed E-state index contributed by atoms with van der Waals surface area (Å²) in [6, 6.07) is 9.24. The third-order valence-corrected chi connectivity index (χ3v) is 3.14. The number of carbonyl (C=O) groups is 1. The Kier molecular flexibility index (Phi) is 3.53. The number of ketones is 1. The van der Waals surface area contributed by atoms with E-state index in [4.69, 9.17) is 5.73 Å². The van der Waals surface area contributed by atoms with Gasteiger partial charge in [0.1, 0.15) is 0 Å². The average molecular weight is 240 g/mol. The summed E-state index contributed by atoms with van der Waals surface area (Å²) in [5.41, 5.74) is 9.79. The fraction of sp³-hybridized carbons (Fsp3) is 0.200. The minimum Gasteiger partial charge on any atom is -0.325 e. The van der Waals surface area contributed by atoms with Crippen LogP contribution >= 0.6 is 0 Å². The van der Waals surface area contributed by atoms with E-state index in [1.165, 1.54) is 0 Å². The number of rotatable bonds is 3. The van der Waals surface area contributed by atoms with Gasteiger partial charge >= 0.3 is 0 Å². The number of hydrogen-bond acceptors (Lipinski definition) is 3. The molecule has 92 valence electrons. The molecule has 0 spiro atoms. The summed E-state index contributed by atoms with van der Waals surface area (Å²) in [4.78, 5) is 16.5. The Bertz CT molecular complexity index is 591. The van der Waals surface area contributed by atoms with E-state index < -0.39 is 0 Å². The molecule has 0 aliphatic rings. The molecular weight excluding hydrogens is 224 g/mol. The average Bonchev–Trinajstić information content (AvgIpc) is 2.41. The van der Waals surface area contributed by atoms with Crippen molar-refractivity contribution in [1.82, 2.24) is 4.98 Å². The van der Waals surface area contributed by atoms with Crippen LogP contribution in [0, 0.1) is 13.8 Å². The van der Waals surface area contributed by atoms with Crippen LogP contribution in [0.25, 0.3) is 0 Å². The Morgan fingerprint density at radius 3 is 2.78 bits per heavy atom. The van der Waals surface area contributed by atoms with Crippen molar-refractivity contribution >= 4 is 5.78 Å².